The Morgan fingerprint density at radius 3 is 2.52 bits per heavy atom. The van der Waals surface area contributed by atoms with E-state index in [-0.39, 0.29) is 11.5 Å². The van der Waals surface area contributed by atoms with Gasteiger partial charge in [0.1, 0.15) is 0 Å². The zero-order chi connectivity index (χ0) is 19.1. The first-order valence-corrected chi connectivity index (χ1v) is 11.8. The van der Waals surface area contributed by atoms with Crippen molar-refractivity contribution in [3.8, 4) is 0 Å². The molecule has 1 fully saturated rings. The molecule has 0 unspecified atom stereocenters. The molecule has 0 bridgehead atoms. The Morgan fingerprint density at radius 2 is 1.74 bits per heavy atom. The first-order chi connectivity index (χ1) is 13.1. The monoisotopic (exact) mass is 389 g/mol. The van der Waals surface area contributed by atoms with Gasteiger partial charge in [-0.3, -0.25) is 0 Å². The number of hydrogen-bond donors (Lipinski definition) is 0. The molecule has 0 spiro atoms. The Morgan fingerprint density at radius 1 is 1.00 bits per heavy atom. The standard InChI is InChI=1S/C22H31NO3S/c1-26-21-12-15-23(16-13-21)14-5-2-6-17-27(24,25)18-20-10-7-9-19-8-3-4-11-22(19)20/h3-4,7-11,21H,2,5-6,12-18H2,1H3. The van der Waals surface area contributed by atoms with Gasteiger partial charge in [-0.1, -0.05) is 48.9 Å². The molecule has 148 valence electrons. The topological polar surface area (TPSA) is 46.6 Å². The molecule has 5 heteroatoms. The molecule has 27 heavy (non-hydrogen) atoms. The van der Waals surface area contributed by atoms with E-state index in [1.54, 1.807) is 7.11 Å². The molecular weight excluding hydrogens is 358 g/mol. The predicted octanol–water partition coefficient (Wildman–Crippen LogP) is 4.04. The van der Waals surface area contributed by atoms with Crippen molar-refractivity contribution in [3.63, 3.8) is 0 Å². The highest BCUT2D eigenvalue weighted by Crippen LogP contribution is 2.21. The van der Waals surface area contributed by atoms with Crippen LogP contribution in [0, 0.1) is 0 Å². The lowest BCUT2D eigenvalue weighted by molar-refractivity contribution is 0.0407. The quantitative estimate of drug-likeness (QED) is 0.608. The number of nitrogens with zero attached hydrogens (tertiary/aromatic N) is 1. The van der Waals surface area contributed by atoms with Crippen molar-refractivity contribution in [1.82, 2.24) is 4.90 Å². The molecule has 1 aliphatic heterocycles. The largest absolute Gasteiger partial charge is 0.381 e. The average Bonchev–Trinajstić information content (AvgIpc) is 2.68. The van der Waals surface area contributed by atoms with Gasteiger partial charge in [0.25, 0.3) is 0 Å². The summed E-state index contributed by atoms with van der Waals surface area (Å²) in [6.07, 6.45) is 5.42. The molecule has 1 aliphatic rings. The van der Waals surface area contributed by atoms with Crippen LogP contribution < -0.4 is 0 Å². The number of fused-ring (bicyclic) bond motifs is 1. The Hall–Kier alpha value is -1.43. The molecule has 3 rings (SSSR count). The summed E-state index contributed by atoms with van der Waals surface area (Å²) in [4.78, 5) is 2.47. The second kappa shape index (κ2) is 9.67. The van der Waals surface area contributed by atoms with Crippen LogP contribution in [-0.2, 0) is 20.3 Å². The average molecular weight is 390 g/mol. The van der Waals surface area contributed by atoms with Crippen LogP contribution in [0.2, 0.25) is 0 Å². The first kappa shape index (κ1) is 20.3. The van der Waals surface area contributed by atoms with Crippen LogP contribution in [0.5, 0.6) is 0 Å². The Labute approximate surface area is 163 Å². The van der Waals surface area contributed by atoms with E-state index in [9.17, 15) is 8.42 Å². The van der Waals surface area contributed by atoms with Gasteiger partial charge >= 0.3 is 0 Å². The molecule has 4 nitrogen and oxygen atoms in total. The van der Waals surface area contributed by atoms with Crippen molar-refractivity contribution < 1.29 is 13.2 Å². The van der Waals surface area contributed by atoms with Crippen molar-refractivity contribution in [3.05, 3.63) is 48.0 Å². The Balaban J connectivity index is 1.41. The molecule has 0 aliphatic carbocycles. The number of hydrogen-bond acceptors (Lipinski definition) is 4. The summed E-state index contributed by atoms with van der Waals surface area (Å²) in [6, 6.07) is 13.9. The van der Waals surface area contributed by atoms with Gasteiger partial charge in [0.2, 0.25) is 0 Å². The number of methoxy groups -OCH3 is 1. The summed E-state index contributed by atoms with van der Waals surface area (Å²) in [7, 11) is -1.28. The van der Waals surface area contributed by atoms with Crippen molar-refractivity contribution in [2.75, 3.05) is 32.5 Å². The Kier molecular flexibility index (Phi) is 7.27. The molecule has 2 aromatic carbocycles. The number of sulfone groups is 1. The summed E-state index contributed by atoms with van der Waals surface area (Å²) >= 11 is 0. The number of unbranched alkanes of at least 4 members (excludes halogenated alkanes) is 2. The van der Waals surface area contributed by atoms with E-state index < -0.39 is 9.84 Å². The molecule has 0 aromatic heterocycles. The van der Waals surface area contributed by atoms with Gasteiger partial charge in [-0.15, -0.1) is 0 Å². The summed E-state index contributed by atoms with van der Waals surface area (Å²) in [6.45, 7) is 3.26. The third kappa shape index (κ3) is 6.03. The van der Waals surface area contributed by atoms with Crippen LogP contribution in [0.1, 0.15) is 37.7 Å². The molecule has 1 heterocycles. The van der Waals surface area contributed by atoms with E-state index in [0.29, 0.717) is 6.10 Å². The molecule has 1 saturated heterocycles. The summed E-state index contributed by atoms with van der Waals surface area (Å²) < 4.78 is 30.5. The number of likely N-dealkylation sites (tertiary alicyclic amines) is 1. The normalized spacial score (nSPS) is 16.8. The van der Waals surface area contributed by atoms with Gasteiger partial charge in [-0.25, -0.2) is 8.42 Å². The van der Waals surface area contributed by atoms with E-state index >= 15 is 0 Å². The fourth-order valence-corrected chi connectivity index (χ4v) is 5.44. The predicted molar refractivity (Wildman–Crippen MR) is 112 cm³/mol. The van der Waals surface area contributed by atoms with Gasteiger partial charge in [0.15, 0.2) is 9.84 Å². The lowest BCUT2D eigenvalue weighted by Crippen LogP contribution is -2.37. The van der Waals surface area contributed by atoms with Gasteiger partial charge < -0.3 is 9.64 Å². The maximum atomic E-state index is 12.6. The van der Waals surface area contributed by atoms with E-state index in [2.05, 4.69) is 4.90 Å². The zero-order valence-electron chi connectivity index (χ0n) is 16.3. The first-order valence-electron chi connectivity index (χ1n) is 9.99. The SMILES string of the molecule is COC1CCN(CCCCCS(=O)(=O)Cc2cccc3ccccc23)CC1. The second-order valence-corrected chi connectivity index (χ2v) is 9.75. The van der Waals surface area contributed by atoms with E-state index in [4.69, 9.17) is 4.74 Å². The highest BCUT2D eigenvalue weighted by Gasteiger charge is 2.18. The summed E-state index contributed by atoms with van der Waals surface area (Å²) in [5.74, 6) is 0.418. The molecule has 0 radical (unpaired) electrons. The highest BCUT2D eigenvalue weighted by atomic mass is 32.2. The van der Waals surface area contributed by atoms with Crippen LogP contribution in [-0.4, -0.2) is 51.9 Å². The molecule has 0 saturated carbocycles. The van der Waals surface area contributed by atoms with Crippen molar-refractivity contribution in [2.45, 2.75) is 44.0 Å². The molecule has 0 amide bonds. The van der Waals surface area contributed by atoms with Crippen molar-refractivity contribution in [1.29, 1.82) is 0 Å². The number of benzene rings is 2. The summed E-state index contributed by atoms with van der Waals surface area (Å²) in [5.41, 5.74) is 0.911. The fourth-order valence-electron chi connectivity index (χ4n) is 3.93. The van der Waals surface area contributed by atoms with Crippen LogP contribution in [0.4, 0.5) is 0 Å². The maximum Gasteiger partial charge on any atom is 0.154 e. The minimum absolute atomic E-state index is 0.138. The lowest BCUT2D eigenvalue weighted by atomic mass is 10.1. The molecular formula is C22H31NO3S. The van der Waals surface area contributed by atoms with Crippen molar-refractivity contribution >= 4 is 20.6 Å². The maximum absolute atomic E-state index is 12.6. The number of rotatable bonds is 9. The number of ether oxygens (including phenoxy) is 1. The van der Waals surface area contributed by atoms with Crippen LogP contribution >= 0.6 is 0 Å². The molecule has 0 N–H and O–H groups in total. The van der Waals surface area contributed by atoms with Crippen LogP contribution in [0.15, 0.2) is 42.5 Å². The van der Waals surface area contributed by atoms with Crippen LogP contribution in [0.25, 0.3) is 10.8 Å². The molecule has 2 aromatic rings. The van der Waals surface area contributed by atoms with Gasteiger partial charge in [-0.05, 0) is 48.6 Å². The zero-order valence-corrected chi connectivity index (χ0v) is 17.1. The minimum atomic E-state index is -3.07. The van der Waals surface area contributed by atoms with Gasteiger partial charge in [0.05, 0.1) is 17.6 Å². The third-order valence-electron chi connectivity index (χ3n) is 5.55. The van der Waals surface area contributed by atoms with E-state index in [0.717, 1.165) is 68.1 Å². The lowest BCUT2D eigenvalue weighted by Gasteiger charge is -2.31. The number of piperidine rings is 1. The highest BCUT2D eigenvalue weighted by molar-refractivity contribution is 7.90. The van der Waals surface area contributed by atoms with Crippen molar-refractivity contribution in [2.24, 2.45) is 0 Å². The minimum Gasteiger partial charge on any atom is -0.381 e. The molecule has 0 atom stereocenters. The van der Waals surface area contributed by atoms with Crippen LogP contribution in [0.3, 0.4) is 0 Å². The fraction of sp³-hybridized carbons (Fsp3) is 0.545. The second-order valence-electron chi connectivity index (χ2n) is 7.57. The van der Waals surface area contributed by atoms with Gasteiger partial charge in [-0.2, -0.15) is 0 Å². The smallest absolute Gasteiger partial charge is 0.154 e. The Bertz CT molecular complexity index is 821. The van der Waals surface area contributed by atoms with E-state index in [1.807, 2.05) is 42.5 Å². The summed E-state index contributed by atoms with van der Waals surface area (Å²) in [5, 5.41) is 2.14. The third-order valence-corrected chi connectivity index (χ3v) is 7.21. The van der Waals surface area contributed by atoms with Gasteiger partial charge in [0, 0.05) is 20.2 Å². The van der Waals surface area contributed by atoms with E-state index in [1.165, 1.54) is 0 Å².